The minimum atomic E-state index is -1.40. The maximum absolute atomic E-state index is 12.6. The number of hydrogen-bond acceptors (Lipinski definition) is 6. The quantitative estimate of drug-likeness (QED) is 0.0282. The van der Waals surface area contributed by atoms with Crippen molar-refractivity contribution in [1.82, 2.24) is 10.6 Å². The summed E-state index contributed by atoms with van der Waals surface area (Å²) in [4.78, 5) is 47.3. The summed E-state index contributed by atoms with van der Waals surface area (Å²) in [5.74, 6) is -2.50. The maximum Gasteiger partial charge on any atom is 0.328 e. The second kappa shape index (κ2) is 40.4. The van der Waals surface area contributed by atoms with E-state index in [1.54, 1.807) is 0 Å². The van der Waals surface area contributed by atoms with Gasteiger partial charge in [-0.25, -0.2) is 4.79 Å². The molecule has 9 heteroatoms. The van der Waals surface area contributed by atoms with Crippen molar-refractivity contribution in [3.05, 3.63) is 97.2 Å². The first-order valence-electron chi connectivity index (χ1n) is 21.2. The van der Waals surface area contributed by atoms with Gasteiger partial charge in [0.1, 0.15) is 12.1 Å². The Kier molecular flexibility index (Phi) is 37.4. The molecule has 0 rings (SSSR count). The second-order valence-corrected chi connectivity index (χ2v) is 13.7. The van der Waals surface area contributed by atoms with Crippen LogP contribution in [0.2, 0.25) is 0 Å². The van der Waals surface area contributed by atoms with E-state index in [-0.39, 0.29) is 24.8 Å². The fraction of sp³-hybridized carbons (Fsp3) is 0.574. The van der Waals surface area contributed by atoms with Crippen molar-refractivity contribution in [2.24, 2.45) is 0 Å². The third-order valence-corrected chi connectivity index (χ3v) is 8.54. The average molecular weight is 779 g/mol. The van der Waals surface area contributed by atoms with Gasteiger partial charge in [0.15, 0.2) is 0 Å². The number of carboxylic acids is 1. The summed E-state index contributed by atoms with van der Waals surface area (Å²) in [5.41, 5.74) is 0. The topological polar surface area (TPSA) is 142 Å². The van der Waals surface area contributed by atoms with Gasteiger partial charge in [-0.2, -0.15) is 0 Å². The van der Waals surface area contributed by atoms with E-state index in [4.69, 9.17) is 14.9 Å². The lowest BCUT2D eigenvalue weighted by Crippen LogP contribution is -2.47. The summed E-state index contributed by atoms with van der Waals surface area (Å²) in [6.07, 6.45) is 53.6. The van der Waals surface area contributed by atoms with E-state index in [0.717, 1.165) is 89.9 Å². The molecule has 0 spiro atoms. The van der Waals surface area contributed by atoms with Crippen molar-refractivity contribution in [2.45, 2.75) is 161 Å². The molecule has 2 unspecified atom stereocenters. The first-order chi connectivity index (χ1) is 27.3. The largest absolute Gasteiger partial charge is 0.480 e. The number of aliphatic hydroxyl groups excluding tert-OH is 1. The number of aliphatic hydroxyl groups is 1. The summed E-state index contributed by atoms with van der Waals surface area (Å²) in [6.45, 7) is 3.17. The Labute approximate surface area is 338 Å². The van der Waals surface area contributed by atoms with Crippen LogP contribution in [-0.4, -0.2) is 59.3 Å². The van der Waals surface area contributed by atoms with Crippen LogP contribution < -0.4 is 10.6 Å². The molecule has 0 bridgehead atoms. The van der Waals surface area contributed by atoms with Gasteiger partial charge in [0, 0.05) is 12.8 Å². The third kappa shape index (κ3) is 36.7. The first kappa shape index (κ1) is 51.8. The standard InChI is InChI=1S/C47H74N2O7/c1-3-5-7-9-10-11-12-13-14-15-16-17-18-19-20-21-22-23-24-25-26-31-35-39-46(53)56-42(36-32-28-8-6-4-2)37-33-29-27-30-34-38-44(51)48-40-45(52)49-43(41-50)47(54)55/h5-8,10-11,13-14,16-17,19-20,32-33,36-37,42-43,50H,3-4,9,12,15,18,21-31,34-35,38-41H2,1-2H3,(H,48,51)(H,49,52)(H,54,55)/b7-5-,8-6-,11-10-,14-13-,17-16-,20-19-,36-32-,37-33-. The number of unbranched alkanes of at least 4 members (excludes halogenated alkanes) is 10. The number of carbonyl (C=O) groups excluding carboxylic acids is 3. The number of aliphatic carboxylic acids is 1. The monoisotopic (exact) mass is 779 g/mol. The molecular formula is C47H74N2O7. The number of esters is 1. The van der Waals surface area contributed by atoms with Gasteiger partial charge in [-0.1, -0.05) is 137 Å². The predicted molar refractivity (Wildman–Crippen MR) is 231 cm³/mol. The minimum absolute atomic E-state index is 0.181. The van der Waals surface area contributed by atoms with Crippen molar-refractivity contribution in [3.63, 3.8) is 0 Å². The molecule has 0 saturated heterocycles. The van der Waals surface area contributed by atoms with Crippen molar-refractivity contribution in [3.8, 4) is 0 Å². The number of allylic oxidation sites excluding steroid dienone is 14. The van der Waals surface area contributed by atoms with E-state index in [9.17, 15) is 19.2 Å². The Morgan fingerprint density at radius 2 is 0.982 bits per heavy atom. The van der Waals surface area contributed by atoms with Gasteiger partial charge in [-0.15, -0.1) is 0 Å². The van der Waals surface area contributed by atoms with Crippen LogP contribution in [0.15, 0.2) is 97.2 Å². The van der Waals surface area contributed by atoms with Gasteiger partial charge in [0.25, 0.3) is 0 Å². The van der Waals surface area contributed by atoms with Crippen LogP contribution in [-0.2, 0) is 23.9 Å². The number of amides is 2. The van der Waals surface area contributed by atoms with Gasteiger partial charge < -0.3 is 25.6 Å². The van der Waals surface area contributed by atoms with E-state index in [1.807, 2.05) is 24.3 Å². The molecule has 0 radical (unpaired) electrons. The molecule has 4 N–H and O–H groups in total. The fourth-order valence-corrected chi connectivity index (χ4v) is 5.34. The smallest absolute Gasteiger partial charge is 0.328 e. The molecule has 0 heterocycles. The van der Waals surface area contributed by atoms with Crippen LogP contribution in [0, 0.1) is 0 Å². The van der Waals surface area contributed by atoms with Crippen molar-refractivity contribution in [1.29, 1.82) is 0 Å². The van der Waals surface area contributed by atoms with E-state index in [1.165, 1.54) is 25.7 Å². The van der Waals surface area contributed by atoms with E-state index in [0.29, 0.717) is 12.8 Å². The van der Waals surface area contributed by atoms with Gasteiger partial charge in [-0.3, -0.25) is 14.4 Å². The molecule has 314 valence electrons. The molecule has 0 aromatic carbocycles. The van der Waals surface area contributed by atoms with Crippen molar-refractivity contribution in [2.75, 3.05) is 13.2 Å². The highest BCUT2D eigenvalue weighted by Crippen LogP contribution is 2.12. The summed E-state index contributed by atoms with van der Waals surface area (Å²) in [6, 6.07) is -1.40. The zero-order valence-electron chi connectivity index (χ0n) is 34.6. The highest BCUT2D eigenvalue weighted by molar-refractivity contribution is 5.87. The predicted octanol–water partition coefficient (Wildman–Crippen LogP) is 10.3. The Balaban J connectivity index is 4.13. The molecule has 0 aromatic heterocycles. The molecule has 9 nitrogen and oxygen atoms in total. The summed E-state index contributed by atoms with van der Waals surface area (Å²) < 4.78 is 5.77. The van der Waals surface area contributed by atoms with E-state index >= 15 is 0 Å². The Morgan fingerprint density at radius 1 is 0.536 bits per heavy atom. The van der Waals surface area contributed by atoms with Crippen molar-refractivity contribution < 1.29 is 34.1 Å². The van der Waals surface area contributed by atoms with Crippen LogP contribution in [0.1, 0.15) is 149 Å². The minimum Gasteiger partial charge on any atom is -0.480 e. The molecular weight excluding hydrogens is 705 g/mol. The summed E-state index contributed by atoms with van der Waals surface area (Å²) in [7, 11) is 0. The van der Waals surface area contributed by atoms with Crippen LogP contribution >= 0.6 is 0 Å². The number of ether oxygens (including phenoxy) is 1. The van der Waals surface area contributed by atoms with Crippen LogP contribution in [0.4, 0.5) is 0 Å². The van der Waals surface area contributed by atoms with Gasteiger partial charge in [0.05, 0.1) is 13.2 Å². The number of carbonyl (C=O) groups is 4. The van der Waals surface area contributed by atoms with Gasteiger partial charge >= 0.3 is 11.9 Å². The fourth-order valence-electron chi connectivity index (χ4n) is 5.34. The van der Waals surface area contributed by atoms with Crippen molar-refractivity contribution >= 4 is 23.8 Å². The lowest BCUT2D eigenvalue weighted by molar-refractivity contribution is -0.145. The molecule has 0 aromatic rings. The first-order valence-corrected chi connectivity index (χ1v) is 21.2. The van der Waals surface area contributed by atoms with Gasteiger partial charge in [-0.05, 0) is 95.6 Å². The zero-order chi connectivity index (χ0) is 41.2. The van der Waals surface area contributed by atoms with Crippen LogP contribution in [0.5, 0.6) is 0 Å². The number of nitrogens with one attached hydrogen (secondary N) is 2. The van der Waals surface area contributed by atoms with Crippen LogP contribution in [0.3, 0.4) is 0 Å². The molecule has 2 amide bonds. The van der Waals surface area contributed by atoms with Gasteiger partial charge in [0.2, 0.25) is 11.8 Å². The molecule has 2 atom stereocenters. The Bertz CT molecular complexity index is 1260. The molecule has 56 heavy (non-hydrogen) atoms. The van der Waals surface area contributed by atoms with E-state index in [2.05, 4.69) is 97.4 Å². The lowest BCUT2D eigenvalue weighted by atomic mass is 10.1. The highest BCUT2D eigenvalue weighted by atomic mass is 16.5. The Morgan fingerprint density at radius 3 is 1.54 bits per heavy atom. The van der Waals surface area contributed by atoms with Crippen LogP contribution in [0.25, 0.3) is 0 Å². The Hall–Kier alpha value is -4.24. The average Bonchev–Trinajstić information content (AvgIpc) is 3.18. The highest BCUT2D eigenvalue weighted by Gasteiger charge is 2.18. The summed E-state index contributed by atoms with van der Waals surface area (Å²) in [5, 5.41) is 22.4. The molecule has 0 fully saturated rings. The number of carboxylic acid groups (broad SMARTS) is 1. The second-order valence-electron chi connectivity index (χ2n) is 13.7. The molecule has 0 aliphatic carbocycles. The molecule has 0 aliphatic heterocycles. The molecule has 0 saturated carbocycles. The summed E-state index contributed by atoms with van der Waals surface area (Å²) >= 11 is 0. The molecule has 0 aliphatic rings. The number of hydrogen-bond donors (Lipinski definition) is 4. The lowest BCUT2D eigenvalue weighted by Gasteiger charge is -2.12. The SMILES string of the molecule is CC/C=C\C/C=C\C/C=C\C/C=C\C/C=C\CCCCCCCCCC(=O)OC(/C=C\C/C=C\CC)/C=C\CCCCCC(=O)NCC(=O)NC(CO)C(=O)O. The zero-order valence-corrected chi connectivity index (χ0v) is 34.6. The normalized spacial score (nSPS) is 13.5. The maximum atomic E-state index is 12.6. The van der Waals surface area contributed by atoms with E-state index < -0.39 is 30.6 Å². The number of rotatable bonds is 36. The third-order valence-electron chi connectivity index (χ3n) is 8.54.